The molecule has 1 aliphatic heterocycles. The molecule has 0 aliphatic carbocycles. The summed E-state index contributed by atoms with van der Waals surface area (Å²) in [5.74, 6) is 0.0638. The lowest BCUT2D eigenvalue weighted by molar-refractivity contribution is -0.122. The Bertz CT molecular complexity index is 1090. The van der Waals surface area contributed by atoms with E-state index in [9.17, 15) is 14.3 Å². The molecular weight excluding hydrogens is 453 g/mol. The number of amides is 1. The third-order valence-electron chi connectivity index (χ3n) is 5.38. The molecule has 3 aromatic rings. The second kappa shape index (κ2) is 9.54. The SMILES string of the molecule is C[C@]1(O)CCN(CC(=O)Nc2nc(-c3ccc(F)cc3)cs2)C[C@@H]1Oc1cccc(Cl)c1. The van der Waals surface area contributed by atoms with E-state index in [1.807, 2.05) is 10.3 Å². The molecule has 4 rings (SSSR count). The van der Waals surface area contributed by atoms with Crippen molar-refractivity contribution in [3.8, 4) is 17.0 Å². The fourth-order valence-electron chi connectivity index (χ4n) is 3.53. The molecule has 1 fully saturated rings. The average Bonchev–Trinajstić information content (AvgIpc) is 3.19. The van der Waals surface area contributed by atoms with Crippen LogP contribution in [0.15, 0.2) is 53.9 Å². The lowest BCUT2D eigenvalue weighted by Crippen LogP contribution is -2.57. The summed E-state index contributed by atoms with van der Waals surface area (Å²) in [6, 6.07) is 13.1. The van der Waals surface area contributed by atoms with Crippen molar-refractivity contribution >= 4 is 34.0 Å². The lowest BCUT2D eigenvalue weighted by atomic mass is 9.90. The van der Waals surface area contributed by atoms with E-state index in [-0.39, 0.29) is 18.3 Å². The number of hydrogen-bond acceptors (Lipinski definition) is 6. The van der Waals surface area contributed by atoms with Crippen molar-refractivity contribution in [1.82, 2.24) is 9.88 Å². The van der Waals surface area contributed by atoms with Crippen LogP contribution >= 0.6 is 22.9 Å². The lowest BCUT2D eigenvalue weighted by Gasteiger charge is -2.42. The van der Waals surface area contributed by atoms with Gasteiger partial charge in [-0.25, -0.2) is 9.37 Å². The van der Waals surface area contributed by atoms with E-state index in [2.05, 4.69) is 10.3 Å². The monoisotopic (exact) mass is 475 g/mol. The van der Waals surface area contributed by atoms with Gasteiger partial charge in [0.05, 0.1) is 12.2 Å². The molecule has 1 aliphatic rings. The Hall–Kier alpha value is -2.52. The summed E-state index contributed by atoms with van der Waals surface area (Å²) in [6.07, 6.45) is -0.0373. The predicted octanol–water partition coefficient (Wildman–Crippen LogP) is 4.45. The topological polar surface area (TPSA) is 74.7 Å². The summed E-state index contributed by atoms with van der Waals surface area (Å²) < 4.78 is 19.1. The van der Waals surface area contributed by atoms with Crippen molar-refractivity contribution in [2.75, 3.05) is 25.0 Å². The Labute approximate surface area is 194 Å². The molecule has 0 unspecified atom stereocenters. The predicted molar refractivity (Wildman–Crippen MR) is 124 cm³/mol. The van der Waals surface area contributed by atoms with Gasteiger partial charge in [0.25, 0.3) is 0 Å². The highest BCUT2D eigenvalue weighted by molar-refractivity contribution is 7.14. The normalized spacial score (nSPS) is 21.3. The van der Waals surface area contributed by atoms with Crippen LogP contribution in [0.25, 0.3) is 11.3 Å². The van der Waals surface area contributed by atoms with E-state index in [1.165, 1.54) is 23.5 Å². The summed E-state index contributed by atoms with van der Waals surface area (Å²) in [5.41, 5.74) is 0.436. The molecule has 1 amide bonds. The van der Waals surface area contributed by atoms with Crippen LogP contribution in [0.4, 0.5) is 9.52 Å². The van der Waals surface area contributed by atoms with Gasteiger partial charge in [-0.1, -0.05) is 17.7 Å². The number of halogens is 2. The van der Waals surface area contributed by atoms with Gasteiger partial charge in [-0.3, -0.25) is 9.69 Å². The molecule has 2 N–H and O–H groups in total. The second-order valence-corrected chi connectivity index (χ2v) is 9.29. The highest BCUT2D eigenvalue weighted by Crippen LogP contribution is 2.28. The molecule has 32 heavy (non-hydrogen) atoms. The van der Waals surface area contributed by atoms with Crippen molar-refractivity contribution in [2.24, 2.45) is 0 Å². The van der Waals surface area contributed by atoms with E-state index in [0.29, 0.717) is 41.1 Å². The highest BCUT2D eigenvalue weighted by Gasteiger charge is 2.39. The number of likely N-dealkylation sites (tertiary alicyclic amines) is 1. The Morgan fingerprint density at radius 1 is 1.38 bits per heavy atom. The Morgan fingerprint density at radius 3 is 2.91 bits per heavy atom. The van der Waals surface area contributed by atoms with Gasteiger partial charge < -0.3 is 15.2 Å². The number of nitrogens with zero attached hydrogens (tertiary/aromatic N) is 2. The maximum absolute atomic E-state index is 13.1. The Kier molecular flexibility index (Phi) is 6.76. The first kappa shape index (κ1) is 22.7. The molecule has 1 saturated heterocycles. The summed E-state index contributed by atoms with van der Waals surface area (Å²) in [7, 11) is 0. The first-order valence-corrected chi connectivity index (χ1v) is 11.4. The van der Waals surface area contributed by atoms with Crippen LogP contribution in [0.3, 0.4) is 0 Å². The first-order valence-electron chi connectivity index (χ1n) is 10.2. The quantitative estimate of drug-likeness (QED) is 0.551. The number of hydrogen-bond donors (Lipinski definition) is 2. The number of aromatic nitrogens is 1. The smallest absolute Gasteiger partial charge is 0.240 e. The fraction of sp³-hybridized carbons (Fsp3) is 0.304. The molecule has 168 valence electrons. The van der Waals surface area contributed by atoms with Gasteiger partial charge in [0, 0.05) is 29.1 Å². The standard InChI is InChI=1S/C23H23ClFN3O3S/c1-23(30)9-10-28(12-20(23)31-18-4-2-3-16(24)11-18)13-21(29)27-22-26-19(14-32-22)15-5-7-17(25)8-6-15/h2-8,11,14,20,30H,9-10,12-13H2,1H3,(H,26,27,29)/t20-,23-/m0/s1. The molecule has 0 spiro atoms. The number of carbonyl (C=O) groups excluding carboxylic acids is 1. The van der Waals surface area contributed by atoms with Gasteiger partial charge >= 0.3 is 0 Å². The Morgan fingerprint density at radius 2 is 2.16 bits per heavy atom. The number of anilines is 1. The molecule has 9 heteroatoms. The zero-order chi connectivity index (χ0) is 22.7. The molecule has 2 atom stereocenters. The maximum Gasteiger partial charge on any atom is 0.240 e. The fourth-order valence-corrected chi connectivity index (χ4v) is 4.44. The number of rotatable bonds is 6. The summed E-state index contributed by atoms with van der Waals surface area (Å²) in [5, 5.41) is 16.4. The molecule has 2 heterocycles. The number of aliphatic hydroxyl groups is 1. The minimum atomic E-state index is -1.02. The zero-order valence-electron chi connectivity index (χ0n) is 17.4. The molecule has 0 saturated carbocycles. The van der Waals surface area contributed by atoms with Gasteiger partial charge in [0.1, 0.15) is 23.3 Å². The number of thiazole rings is 1. The van der Waals surface area contributed by atoms with Gasteiger partial charge in [-0.15, -0.1) is 11.3 Å². The van der Waals surface area contributed by atoms with Crippen molar-refractivity contribution in [2.45, 2.75) is 25.0 Å². The van der Waals surface area contributed by atoms with Crippen LogP contribution in [0.1, 0.15) is 13.3 Å². The van der Waals surface area contributed by atoms with E-state index in [4.69, 9.17) is 16.3 Å². The van der Waals surface area contributed by atoms with E-state index in [0.717, 1.165) is 5.56 Å². The van der Waals surface area contributed by atoms with Gasteiger partial charge in [0.2, 0.25) is 5.91 Å². The minimum absolute atomic E-state index is 0.150. The number of nitrogens with one attached hydrogen (secondary N) is 1. The number of ether oxygens (including phenoxy) is 1. The average molecular weight is 476 g/mol. The highest BCUT2D eigenvalue weighted by atomic mass is 35.5. The van der Waals surface area contributed by atoms with Crippen molar-refractivity contribution in [1.29, 1.82) is 0 Å². The number of piperidine rings is 1. The Balaban J connectivity index is 1.35. The van der Waals surface area contributed by atoms with E-state index >= 15 is 0 Å². The van der Waals surface area contributed by atoms with Crippen LogP contribution in [-0.2, 0) is 4.79 Å². The summed E-state index contributed by atoms with van der Waals surface area (Å²) in [4.78, 5) is 18.9. The molecule has 2 aromatic carbocycles. The van der Waals surface area contributed by atoms with Gasteiger partial charge in [-0.2, -0.15) is 0 Å². The van der Waals surface area contributed by atoms with Crippen LogP contribution in [0, 0.1) is 5.82 Å². The third kappa shape index (κ3) is 5.63. The van der Waals surface area contributed by atoms with Crippen molar-refractivity contribution < 1.29 is 19.0 Å². The molecular formula is C23H23ClFN3O3S. The minimum Gasteiger partial charge on any atom is -0.486 e. The number of benzene rings is 2. The second-order valence-electron chi connectivity index (χ2n) is 8.00. The van der Waals surface area contributed by atoms with Crippen LogP contribution in [0.2, 0.25) is 5.02 Å². The zero-order valence-corrected chi connectivity index (χ0v) is 19.0. The molecule has 0 bridgehead atoms. The van der Waals surface area contributed by atoms with Crippen LogP contribution in [0.5, 0.6) is 5.75 Å². The third-order valence-corrected chi connectivity index (χ3v) is 6.38. The molecule has 0 radical (unpaired) electrons. The molecule has 1 aromatic heterocycles. The van der Waals surface area contributed by atoms with Crippen molar-refractivity contribution in [3.05, 3.63) is 64.8 Å². The van der Waals surface area contributed by atoms with E-state index in [1.54, 1.807) is 43.3 Å². The first-order chi connectivity index (χ1) is 15.3. The summed E-state index contributed by atoms with van der Waals surface area (Å²) >= 11 is 7.34. The summed E-state index contributed by atoms with van der Waals surface area (Å²) in [6.45, 7) is 2.85. The van der Waals surface area contributed by atoms with Crippen LogP contribution < -0.4 is 10.1 Å². The molecule has 6 nitrogen and oxygen atoms in total. The van der Waals surface area contributed by atoms with E-state index < -0.39 is 11.7 Å². The number of carbonyl (C=O) groups is 1. The van der Waals surface area contributed by atoms with Gasteiger partial charge in [-0.05, 0) is 55.8 Å². The van der Waals surface area contributed by atoms with Crippen molar-refractivity contribution in [3.63, 3.8) is 0 Å². The largest absolute Gasteiger partial charge is 0.486 e. The van der Waals surface area contributed by atoms with Gasteiger partial charge in [0.15, 0.2) is 5.13 Å². The van der Waals surface area contributed by atoms with Crippen LogP contribution in [-0.4, -0.2) is 52.2 Å². The maximum atomic E-state index is 13.1.